The minimum atomic E-state index is 0.148. The summed E-state index contributed by atoms with van der Waals surface area (Å²) in [7, 11) is 0. The molecule has 5 rings (SSSR count). The third-order valence-corrected chi connectivity index (χ3v) is 5.11. The third-order valence-electron chi connectivity index (χ3n) is 4.80. The Balaban J connectivity index is 1.99. The van der Waals surface area contributed by atoms with Gasteiger partial charge in [0.1, 0.15) is 5.75 Å². The summed E-state index contributed by atoms with van der Waals surface area (Å²) in [5.74, 6) is 0.148. The van der Waals surface area contributed by atoms with E-state index < -0.39 is 0 Å². The first-order valence-corrected chi connectivity index (χ1v) is 8.25. The second-order valence-corrected chi connectivity index (χ2v) is 6.55. The van der Waals surface area contributed by atoms with Gasteiger partial charge in [-0.15, -0.1) is 0 Å². The number of rotatable bonds is 0. The molecule has 0 saturated carbocycles. The predicted molar refractivity (Wildman–Crippen MR) is 103 cm³/mol. The molecule has 1 N–H and O–H groups in total. The van der Waals surface area contributed by atoms with Gasteiger partial charge in [0.05, 0.1) is 5.02 Å². The van der Waals surface area contributed by atoms with Crippen LogP contribution in [0.15, 0.2) is 72.8 Å². The highest BCUT2D eigenvalue weighted by molar-refractivity contribution is 6.34. The quantitative estimate of drug-likeness (QED) is 0.249. The fourth-order valence-electron chi connectivity index (χ4n) is 3.60. The minimum Gasteiger partial charge on any atom is -0.506 e. The van der Waals surface area contributed by atoms with Crippen LogP contribution in [0.4, 0.5) is 0 Å². The van der Waals surface area contributed by atoms with Crippen molar-refractivity contribution in [1.82, 2.24) is 0 Å². The lowest BCUT2D eigenvalue weighted by Gasteiger charge is -2.10. The Morgan fingerprint density at radius 1 is 0.542 bits per heavy atom. The molecule has 2 heteroatoms. The molecule has 0 aromatic heterocycles. The van der Waals surface area contributed by atoms with Crippen molar-refractivity contribution in [2.75, 3.05) is 0 Å². The lowest BCUT2D eigenvalue weighted by molar-refractivity contribution is 0.482. The maximum Gasteiger partial charge on any atom is 0.142 e. The van der Waals surface area contributed by atoms with Crippen LogP contribution < -0.4 is 0 Å². The van der Waals surface area contributed by atoms with E-state index >= 15 is 0 Å². The highest BCUT2D eigenvalue weighted by atomic mass is 35.5. The zero-order chi connectivity index (χ0) is 16.3. The van der Waals surface area contributed by atoms with Gasteiger partial charge < -0.3 is 5.11 Å². The van der Waals surface area contributed by atoms with Gasteiger partial charge in [-0.1, -0.05) is 60.1 Å². The summed E-state index contributed by atoms with van der Waals surface area (Å²) in [6.07, 6.45) is 0. The van der Waals surface area contributed by atoms with Gasteiger partial charge in [-0.25, -0.2) is 0 Å². The molecular formula is C22H13ClO. The lowest BCUT2D eigenvalue weighted by Crippen LogP contribution is -1.83. The summed E-state index contributed by atoms with van der Waals surface area (Å²) in [4.78, 5) is 0. The van der Waals surface area contributed by atoms with Gasteiger partial charge >= 0.3 is 0 Å². The number of fused-ring (bicyclic) bond motifs is 6. The summed E-state index contributed by atoms with van der Waals surface area (Å²) in [6.45, 7) is 0. The fraction of sp³-hybridized carbons (Fsp3) is 0. The van der Waals surface area contributed by atoms with Crippen LogP contribution in [-0.4, -0.2) is 5.11 Å². The Labute approximate surface area is 143 Å². The molecule has 0 atom stereocenters. The molecule has 0 heterocycles. The standard InChI is InChI=1S/C22H13ClO/c23-21-10-9-17-16-6-5-15-11-13-3-1-2-4-14(13)12-20(15)18(16)7-8-19(17)22(21)24/h1-12,24H. The van der Waals surface area contributed by atoms with Gasteiger partial charge in [0, 0.05) is 5.39 Å². The molecule has 0 aliphatic heterocycles. The highest BCUT2D eigenvalue weighted by Gasteiger charge is 2.10. The van der Waals surface area contributed by atoms with E-state index in [2.05, 4.69) is 54.6 Å². The van der Waals surface area contributed by atoms with Crippen LogP contribution in [0.2, 0.25) is 5.02 Å². The van der Waals surface area contributed by atoms with Crippen LogP contribution in [0, 0.1) is 0 Å². The molecule has 0 bridgehead atoms. The first-order valence-electron chi connectivity index (χ1n) is 7.88. The zero-order valence-corrected chi connectivity index (χ0v) is 13.5. The molecule has 0 spiro atoms. The van der Waals surface area contributed by atoms with Crippen LogP contribution in [0.5, 0.6) is 5.75 Å². The van der Waals surface area contributed by atoms with E-state index in [-0.39, 0.29) is 5.75 Å². The second-order valence-electron chi connectivity index (χ2n) is 6.14. The molecule has 0 radical (unpaired) electrons. The van der Waals surface area contributed by atoms with E-state index in [4.69, 9.17) is 11.6 Å². The summed E-state index contributed by atoms with van der Waals surface area (Å²) < 4.78 is 0. The molecule has 0 saturated heterocycles. The third kappa shape index (κ3) is 1.82. The molecule has 0 amide bonds. The second kappa shape index (κ2) is 4.86. The molecule has 114 valence electrons. The van der Waals surface area contributed by atoms with Crippen molar-refractivity contribution in [2.45, 2.75) is 0 Å². The van der Waals surface area contributed by atoms with Crippen LogP contribution in [0.3, 0.4) is 0 Å². The van der Waals surface area contributed by atoms with E-state index in [9.17, 15) is 5.11 Å². The molecule has 5 aromatic carbocycles. The van der Waals surface area contributed by atoms with Gasteiger partial charge in [-0.2, -0.15) is 0 Å². The van der Waals surface area contributed by atoms with Gasteiger partial charge in [0.15, 0.2) is 0 Å². The average Bonchev–Trinajstić information content (AvgIpc) is 2.62. The van der Waals surface area contributed by atoms with Crippen molar-refractivity contribution in [2.24, 2.45) is 0 Å². The summed E-state index contributed by atoms with van der Waals surface area (Å²) in [6, 6.07) is 24.9. The molecule has 5 aromatic rings. The first kappa shape index (κ1) is 13.6. The number of phenols is 1. The van der Waals surface area contributed by atoms with Crippen molar-refractivity contribution < 1.29 is 5.11 Å². The zero-order valence-electron chi connectivity index (χ0n) is 12.8. The van der Waals surface area contributed by atoms with E-state index in [0.717, 1.165) is 16.2 Å². The van der Waals surface area contributed by atoms with Crippen molar-refractivity contribution >= 4 is 54.7 Å². The van der Waals surface area contributed by atoms with Crippen molar-refractivity contribution in [1.29, 1.82) is 0 Å². The Morgan fingerprint density at radius 3 is 1.96 bits per heavy atom. The number of hydrogen-bond donors (Lipinski definition) is 1. The maximum absolute atomic E-state index is 10.2. The number of aromatic hydroxyl groups is 1. The highest BCUT2D eigenvalue weighted by Crippen LogP contribution is 2.38. The van der Waals surface area contributed by atoms with E-state index in [1.165, 1.54) is 26.9 Å². The van der Waals surface area contributed by atoms with Gasteiger partial charge in [0.2, 0.25) is 0 Å². The summed E-state index contributed by atoms with van der Waals surface area (Å²) in [5, 5.41) is 19.7. The monoisotopic (exact) mass is 328 g/mol. The van der Waals surface area contributed by atoms with Crippen molar-refractivity contribution in [3.8, 4) is 5.75 Å². The van der Waals surface area contributed by atoms with Gasteiger partial charge in [0.25, 0.3) is 0 Å². The molecule has 0 aliphatic carbocycles. The number of hydrogen-bond acceptors (Lipinski definition) is 1. The van der Waals surface area contributed by atoms with E-state index in [1.807, 2.05) is 12.1 Å². The number of phenolic OH excluding ortho intramolecular Hbond substituents is 1. The Kier molecular flexibility index (Phi) is 2.76. The van der Waals surface area contributed by atoms with Crippen molar-refractivity contribution in [3.63, 3.8) is 0 Å². The molecular weight excluding hydrogens is 316 g/mol. The molecule has 0 fully saturated rings. The first-order chi connectivity index (χ1) is 11.7. The Bertz CT molecular complexity index is 1270. The van der Waals surface area contributed by atoms with Gasteiger partial charge in [-0.3, -0.25) is 0 Å². The molecule has 24 heavy (non-hydrogen) atoms. The topological polar surface area (TPSA) is 20.2 Å². The normalized spacial score (nSPS) is 11.7. The summed E-state index contributed by atoms with van der Waals surface area (Å²) >= 11 is 6.05. The molecule has 0 aliphatic rings. The minimum absolute atomic E-state index is 0.148. The number of halogens is 1. The molecule has 1 nitrogen and oxygen atoms in total. The lowest BCUT2D eigenvalue weighted by atomic mass is 9.95. The predicted octanol–water partition coefficient (Wildman–Crippen LogP) is 6.66. The number of benzene rings is 5. The SMILES string of the molecule is Oc1c(Cl)ccc2c1ccc1c3cc4ccccc4cc3ccc21. The fourth-order valence-corrected chi connectivity index (χ4v) is 3.77. The van der Waals surface area contributed by atoms with Crippen LogP contribution in [-0.2, 0) is 0 Å². The summed E-state index contributed by atoms with van der Waals surface area (Å²) in [5.41, 5.74) is 0. The molecule has 0 unspecified atom stereocenters. The van der Waals surface area contributed by atoms with Crippen LogP contribution in [0.1, 0.15) is 0 Å². The maximum atomic E-state index is 10.2. The Morgan fingerprint density at radius 2 is 1.12 bits per heavy atom. The van der Waals surface area contributed by atoms with Gasteiger partial charge in [-0.05, 0) is 62.0 Å². The van der Waals surface area contributed by atoms with E-state index in [0.29, 0.717) is 5.02 Å². The van der Waals surface area contributed by atoms with Crippen LogP contribution >= 0.6 is 11.6 Å². The smallest absolute Gasteiger partial charge is 0.142 e. The van der Waals surface area contributed by atoms with E-state index in [1.54, 1.807) is 6.07 Å². The Hall–Kier alpha value is -2.77. The van der Waals surface area contributed by atoms with Crippen molar-refractivity contribution in [3.05, 3.63) is 77.8 Å². The van der Waals surface area contributed by atoms with Crippen LogP contribution in [0.25, 0.3) is 43.1 Å². The largest absolute Gasteiger partial charge is 0.506 e. The average molecular weight is 329 g/mol.